The minimum Gasteiger partial charge on any atom is -0.366 e. The second kappa shape index (κ2) is 7.02. The van der Waals surface area contributed by atoms with Gasteiger partial charge in [-0.2, -0.15) is 0 Å². The Labute approximate surface area is 131 Å². The topological polar surface area (TPSA) is 66.9 Å². The molecule has 1 aromatic heterocycles. The molecule has 1 heterocycles. The lowest BCUT2D eigenvalue weighted by Crippen LogP contribution is -2.22. The van der Waals surface area contributed by atoms with Crippen molar-refractivity contribution in [1.29, 1.82) is 0 Å². The van der Waals surface area contributed by atoms with E-state index in [1.165, 1.54) is 16.7 Å². The van der Waals surface area contributed by atoms with Gasteiger partial charge in [-0.25, -0.2) is 0 Å². The number of rotatable bonds is 5. The van der Waals surface area contributed by atoms with E-state index in [2.05, 4.69) is 59.8 Å². The summed E-state index contributed by atoms with van der Waals surface area (Å²) < 4.78 is 0. The van der Waals surface area contributed by atoms with E-state index in [1.54, 1.807) is 19.2 Å². The van der Waals surface area contributed by atoms with Gasteiger partial charge < -0.3 is 10.6 Å². The highest BCUT2D eigenvalue weighted by Crippen LogP contribution is 2.14. The summed E-state index contributed by atoms with van der Waals surface area (Å²) in [6.07, 6.45) is 0.908. The molecule has 0 spiro atoms. The molecule has 0 aliphatic rings. The number of benzene rings is 1. The second-order valence-electron chi connectivity index (χ2n) is 5.56. The van der Waals surface area contributed by atoms with Crippen LogP contribution in [0.5, 0.6) is 0 Å². The molecule has 2 N–H and O–H groups in total. The van der Waals surface area contributed by atoms with Gasteiger partial charge in [-0.3, -0.25) is 4.79 Å². The summed E-state index contributed by atoms with van der Waals surface area (Å²) in [6.45, 7) is 6.34. The first-order chi connectivity index (χ1) is 10.5. The van der Waals surface area contributed by atoms with E-state index in [-0.39, 0.29) is 11.9 Å². The van der Waals surface area contributed by atoms with E-state index in [4.69, 9.17) is 0 Å². The van der Waals surface area contributed by atoms with Crippen molar-refractivity contribution < 1.29 is 4.79 Å². The molecule has 1 amide bonds. The van der Waals surface area contributed by atoms with Crippen LogP contribution in [0.1, 0.15) is 34.1 Å². The molecule has 1 unspecified atom stereocenters. The number of hydrogen-bond acceptors (Lipinski definition) is 4. The van der Waals surface area contributed by atoms with Crippen molar-refractivity contribution in [2.24, 2.45) is 0 Å². The highest BCUT2D eigenvalue weighted by Gasteiger charge is 2.09. The molecule has 0 saturated carbocycles. The molecule has 5 nitrogen and oxygen atoms in total. The number of nitrogens with zero attached hydrogens (tertiary/aromatic N) is 2. The minimum atomic E-state index is -0.234. The molecule has 1 atom stereocenters. The van der Waals surface area contributed by atoms with E-state index in [9.17, 15) is 4.79 Å². The number of amides is 1. The molecule has 22 heavy (non-hydrogen) atoms. The van der Waals surface area contributed by atoms with Crippen molar-refractivity contribution in [3.05, 3.63) is 52.7 Å². The lowest BCUT2D eigenvalue weighted by molar-refractivity contribution is 0.0957. The van der Waals surface area contributed by atoms with E-state index in [0.29, 0.717) is 11.5 Å². The van der Waals surface area contributed by atoms with Crippen molar-refractivity contribution in [2.45, 2.75) is 33.2 Å². The van der Waals surface area contributed by atoms with Gasteiger partial charge in [0.05, 0.1) is 0 Å². The average molecular weight is 298 g/mol. The fourth-order valence-corrected chi connectivity index (χ4v) is 2.37. The Balaban J connectivity index is 1.99. The third kappa shape index (κ3) is 4.04. The summed E-state index contributed by atoms with van der Waals surface area (Å²) in [5, 5.41) is 13.8. The first kappa shape index (κ1) is 15.9. The van der Waals surface area contributed by atoms with Crippen molar-refractivity contribution in [2.75, 3.05) is 12.4 Å². The monoisotopic (exact) mass is 298 g/mol. The van der Waals surface area contributed by atoms with Crippen LogP contribution >= 0.6 is 0 Å². The zero-order valence-corrected chi connectivity index (χ0v) is 13.5. The van der Waals surface area contributed by atoms with Gasteiger partial charge in [-0.15, -0.1) is 10.2 Å². The Morgan fingerprint density at radius 1 is 1.18 bits per heavy atom. The van der Waals surface area contributed by atoms with Crippen molar-refractivity contribution in [3.63, 3.8) is 0 Å². The fraction of sp³-hybridized carbons (Fsp3) is 0.353. The van der Waals surface area contributed by atoms with Gasteiger partial charge in [-0.05, 0) is 50.5 Å². The molecule has 2 aromatic rings. The molecule has 0 saturated heterocycles. The second-order valence-corrected chi connectivity index (χ2v) is 5.56. The van der Waals surface area contributed by atoms with Gasteiger partial charge in [0.15, 0.2) is 5.69 Å². The van der Waals surface area contributed by atoms with Crippen LogP contribution in [0.3, 0.4) is 0 Å². The largest absolute Gasteiger partial charge is 0.366 e. The highest BCUT2D eigenvalue weighted by molar-refractivity contribution is 5.91. The molecule has 0 aliphatic carbocycles. The SMILES string of the molecule is CNC(=O)c1ccc(NC(C)Cc2ccc(C)cc2C)nn1. The number of carbonyl (C=O) groups is 1. The van der Waals surface area contributed by atoms with Crippen LogP contribution in [0.15, 0.2) is 30.3 Å². The molecular formula is C17H22N4O. The van der Waals surface area contributed by atoms with Gasteiger partial charge in [0.1, 0.15) is 5.82 Å². The maximum Gasteiger partial charge on any atom is 0.271 e. The lowest BCUT2D eigenvalue weighted by atomic mass is 10.00. The average Bonchev–Trinajstić information content (AvgIpc) is 2.50. The standard InChI is InChI=1S/C17H22N4O/c1-11-5-6-14(12(2)9-11)10-13(3)19-16-8-7-15(20-21-16)17(22)18-4/h5-9,13H,10H2,1-4H3,(H,18,22)(H,19,21). The van der Waals surface area contributed by atoms with Crippen LogP contribution < -0.4 is 10.6 Å². The predicted molar refractivity (Wildman–Crippen MR) is 88.1 cm³/mol. The van der Waals surface area contributed by atoms with Gasteiger partial charge >= 0.3 is 0 Å². The third-order valence-corrected chi connectivity index (χ3v) is 3.54. The number of nitrogens with one attached hydrogen (secondary N) is 2. The Bertz CT molecular complexity index is 652. The first-order valence-electron chi connectivity index (χ1n) is 7.38. The minimum absolute atomic E-state index is 0.224. The third-order valence-electron chi connectivity index (χ3n) is 3.54. The van der Waals surface area contributed by atoms with Crippen LogP contribution in [0, 0.1) is 13.8 Å². The van der Waals surface area contributed by atoms with Crippen LogP contribution in [-0.2, 0) is 6.42 Å². The summed E-state index contributed by atoms with van der Waals surface area (Å²) in [7, 11) is 1.57. The van der Waals surface area contributed by atoms with Crippen molar-refractivity contribution >= 4 is 11.7 Å². The Morgan fingerprint density at radius 2 is 1.95 bits per heavy atom. The Hall–Kier alpha value is -2.43. The summed E-state index contributed by atoms with van der Waals surface area (Å²) in [6, 6.07) is 10.2. The zero-order chi connectivity index (χ0) is 16.1. The summed E-state index contributed by atoms with van der Waals surface area (Å²) in [5.41, 5.74) is 4.21. The van der Waals surface area contributed by atoms with Gasteiger partial charge in [0.25, 0.3) is 5.91 Å². The predicted octanol–water partition coefficient (Wildman–Crippen LogP) is 2.50. The quantitative estimate of drug-likeness (QED) is 0.890. The van der Waals surface area contributed by atoms with E-state index < -0.39 is 0 Å². The Kier molecular flexibility index (Phi) is 5.09. The zero-order valence-electron chi connectivity index (χ0n) is 13.5. The molecule has 2 rings (SSSR count). The van der Waals surface area contributed by atoms with E-state index in [1.807, 2.05) is 0 Å². The van der Waals surface area contributed by atoms with Crippen molar-refractivity contribution in [3.8, 4) is 0 Å². The molecule has 0 aliphatic heterocycles. The number of aryl methyl sites for hydroxylation is 2. The fourth-order valence-electron chi connectivity index (χ4n) is 2.37. The maximum atomic E-state index is 11.4. The molecule has 0 fully saturated rings. The number of carbonyl (C=O) groups excluding carboxylic acids is 1. The van der Waals surface area contributed by atoms with Gasteiger partial charge in [-0.1, -0.05) is 23.8 Å². The lowest BCUT2D eigenvalue weighted by Gasteiger charge is -2.16. The van der Waals surface area contributed by atoms with Crippen molar-refractivity contribution in [1.82, 2.24) is 15.5 Å². The molecule has 5 heteroatoms. The molecule has 1 aromatic carbocycles. The normalized spacial score (nSPS) is 11.8. The summed E-state index contributed by atoms with van der Waals surface area (Å²) >= 11 is 0. The van der Waals surface area contributed by atoms with Gasteiger partial charge in [0.2, 0.25) is 0 Å². The van der Waals surface area contributed by atoms with E-state index >= 15 is 0 Å². The van der Waals surface area contributed by atoms with Crippen LogP contribution in [0.25, 0.3) is 0 Å². The van der Waals surface area contributed by atoms with Gasteiger partial charge in [0, 0.05) is 13.1 Å². The molecule has 0 radical (unpaired) electrons. The Morgan fingerprint density at radius 3 is 2.55 bits per heavy atom. The highest BCUT2D eigenvalue weighted by atomic mass is 16.1. The summed E-state index contributed by atoms with van der Waals surface area (Å²) in [4.78, 5) is 11.4. The first-order valence-corrected chi connectivity index (χ1v) is 7.38. The number of aromatic nitrogens is 2. The van der Waals surface area contributed by atoms with Crippen LogP contribution in [-0.4, -0.2) is 29.2 Å². The number of anilines is 1. The van der Waals surface area contributed by atoms with Crippen LogP contribution in [0.2, 0.25) is 0 Å². The maximum absolute atomic E-state index is 11.4. The number of hydrogen-bond donors (Lipinski definition) is 2. The van der Waals surface area contributed by atoms with Crippen LogP contribution in [0.4, 0.5) is 5.82 Å². The molecule has 116 valence electrons. The smallest absolute Gasteiger partial charge is 0.271 e. The summed E-state index contributed by atoms with van der Waals surface area (Å²) in [5.74, 6) is 0.437. The molecular weight excluding hydrogens is 276 g/mol. The van der Waals surface area contributed by atoms with E-state index in [0.717, 1.165) is 6.42 Å². The molecule has 0 bridgehead atoms.